The van der Waals surface area contributed by atoms with Gasteiger partial charge in [0.1, 0.15) is 17.0 Å². The van der Waals surface area contributed by atoms with Gasteiger partial charge in [0, 0.05) is 37.7 Å². The molecule has 3 heterocycles. The Labute approximate surface area is 174 Å². The van der Waals surface area contributed by atoms with Gasteiger partial charge in [-0.1, -0.05) is 0 Å². The van der Waals surface area contributed by atoms with Crippen LogP contribution in [0.5, 0.6) is 0 Å². The van der Waals surface area contributed by atoms with Crippen molar-refractivity contribution in [2.45, 2.75) is 44.8 Å². The normalized spacial score (nSPS) is 19.1. The predicted molar refractivity (Wildman–Crippen MR) is 111 cm³/mol. The largest absolute Gasteiger partial charge is 0.441 e. The second-order valence-electron chi connectivity index (χ2n) is 7.66. The van der Waals surface area contributed by atoms with Crippen LogP contribution in [0.4, 0.5) is 4.79 Å². The second kappa shape index (κ2) is 9.13. The van der Waals surface area contributed by atoms with Gasteiger partial charge in [-0.2, -0.15) is 5.26 Å². The summed E-state index contributed by atoms with van der Waals surface area (Å²) in [6.07, 6.45) is 7.72. The third-order valence-corrected chi connectivity index (χ3v) is 5.78. The number of hydrogen-bond acceptors (Lipinski definition) is 6. The number of carbonyl (C=O) groups is 1. The lowest BCUT2D eigenvalue weighted by atomic mass is 9.84. The molecule has 0 unspecified atom stereocenters. The molecule has 0 spiro atoms. The molecule has 9 nitrogen and oxygen atoms in total. The van der Waals surface area contributed by atoms with Crippen molar-refractivity contribution in [1.82, 2.24) is 24.8 Å². The van der Waals surface area contributed by atoms with Crippen molar-refractivity contribution in [3.63, 3.8) is 0 Å². The smallest absolute Gasteiger partial charge is 0.407 e. The summed E-state index contributed by atoms with van der Waals surface area (Å²) >= 11 is 0. The van der Waals surface area contributed by atoms with Crippen LogP contribution in [0.3, 0.4) is 0 Å². The molecule has 158 valence electrons. The fourth-order valence-electron chi connectivity index (χ4n) is 4.31. The number of H-pyrrole nitrogens is 1. The number of methoxy groups -OCH3 is 1. The molecule has 30 heavy (non-hydrogen) atoms. The molecule has 2 N–H and O–H groups in total. The Morgan fingerprint density at radius 1 is 1.40 bits per heavy atom. The summed E-state index contributed by atoms with van der Waals surface area (Å²) in [6, 6.07) is 4.55. The number of amides is 1. The second-order valence-corrected chi connectivity index (χ2v) is 7.66. The van der Waals surface area contributed by atoms with Gasteiger partial charge in [-0.3, -0.25) is 0 Å². The molecule has 1 saturated carbocycles. The van der Waals surface area contributed by atoms with Crippen LogP contribution >= 0.6 is 0 Å². The first-order chi connectivity index (χ1) is 14.7. The van der Waals surface area contributed by atoms with Gasteiger partial charge >= 0.3 is 6.09 Å². The number of pyridine rings is 1. The maximum atomic E-state index is 12.0. The molecule has 0 aliphatic heterocycles. The lowest BCUT2D eigenvalue weighted by Gasteiger charge is -2.29. The van der Waals surface area contributed by atoms with Crippen molar-refractivity contribution in [1.29, 1.82) is 5.26 Å². The lowest BCUT2D eigenvalue weighted by molar-refractivity contribution is 0.128. The third-order valence-electron chi connectivity index (χ3n) is 5.78. The Morgan fingerprint density at radius 2 is 2.23 bits per heavy atom. The zero-order valence-corrected chi connectivity index (χ0v) is 17.1. The Balaban J connectivity index is 1.62. The Morgan fingerprint density at radius 3 is 3.00 bits per heavy atom. The van der Waals surface area contributed by atoms with Gasteiger partial charge in [0.15, 0.2) is 6.61 Å². The molecule has 1 aliphatic carbocycles. The fraction of sp³-hybridized carbons (Fsp3) is 0.524. The number of rotatable bonds is 7. The monoisotopic (exact) mass is 410 g/mol. The van der Waals surface area contributed by atoms with Gasteiger partial charge in [-0.25, -0.2) is 14.8 Å². The summed E-state index contributed by atoms with van der Waals surface area (Å²) < 4.78 is 12.6. The van der Waals surface area contributed by atoms with Gasteiger partial charge in [0.25, 0.3) is 0 Å². The number of hydrogen-bond donors (Lipinski definition) is 2. The van der Waals surface area contributed by atoms with Crippen molar-refractivity contribution in [2.75, 3.05) is 20.3 Å². The van der Waals surface area contributed by atoms with Crippen LogP contribution in [0.2, 0.25) is 0 Å². The van der Waals surface area contributed by atoms with Crippen LogP contribution in [0, 0.1) is 17.2 Å². The van der Waals surface area contributed by atoms with Crippen LogP contribution in [-0.2, 0) is 16.1 Å². The Hall–Kier alpha value is -3.12. The first-order valence-corrected chi connectivity index (χ1v) is 10.3. The molecule has 1 aliphatic rings. The highest BCUT2D eigenvalue weighted by Gasteiger charge is 2.27. The SMILES string of the molecule is COCCNC(=O)OCc1nc2cnc3[nH]ccc3c2n1[C@H]1CC[C@H](CC#N)CC1. The summed E-state index contributed by atoms with van der Waals surface area (Å²) in [5.74, 6) is 1.17. The van der Waals surface area contributed by atoms with E-state index in [4.69, 9.17) is 19.7 Å². The van der Waals surface area contributed by atoms with Gasteiger partial charge in [0.05, 0.1) is 24.4 Å². The van der Waals surface area contributed by atoms with E-state index >= 15 is 0 Å². The number of imidazole rings is 1. The standard InChI is InChI=1S/C21H26N6O3/c1-29-11-10-24-21(28)30-13-18-26-17-12-25-20-16(7-9-23-20)19(17)27(18)15-4-2-14(3-5-15)6-8-22/h7,9,12,14-15H,2-6,10-11,13H2,1H3,(H,23,25)(H,24,28)/t14-,15-. The van der Waals surface area contributed by atoms with Crippen molar-refractivity contribution in [3.8, 4) is 6.07 Å². The fourth-order valence-corrected chi connectivity index (χ4v) is 4.31. The Kier molecular flexibility index (Phi) is 6.14. The number of ether oxygens (including phenoxy) is 2. The first kappa shape index (κ1) is 20.2. The van der Waals surface area contributed by atoms with E-state index in [1.165, 1.54) is 0 Å². The number of nitriles is 1. The zero-order chi connectivity index (χ0) is 20.9. The van der Waals surface area contributed by atoms with Crippen LogP contribution in [-0.4, -0.2) is 45.9 Å². The van der Waals surface area contributed by atoms with Crippen LogP contribution in [0.15, 0.2) is 18.5 Å². The summed E-state index contributed by atoms with van der Waals surface area (Å²) in [5, 5.41) is 12.7. The number of fused-ring (bicyclic) bond motifs is 3. The quantitative estimate of drug-likeness (QED) is 0.576. The molecule has 3 aromatic heterocycles. The van der Waals surface area contributed by atoms with E-state index in [0.29, 0.717) is 31.3 Å². The van der Waals surface area contributed by atoms with Gasteiger partial charge in [-0.15, -0.1) is 0 Å². The van der Waals surface area contributed by atoms with Crippen molar-refractivity contribution in [2.24, 2.45) is 5.92 Å². The molecule has 1 amide bonds. The summed E-state index contributed by atoms with van der Waals surface area (Å²) in [5.41, 5.74) is 2.62. The molecule has 0 radical (unpaired) electrons. The van der Waals surface area contributed by atoms with Gasteiger partial charge in [0.2, 0.25) is 0 Å². The number of nitrogens with one attached hydrogen (secondary N) is 2. The van der Waals surface area contributed by atoms with E-state index in [2.05, 4.69) is 25.9 Å². The number of aromatic amines is 1. The molecule has 9 heteroatoms. The molecule has 0 atom stereocenters. The third kappa shape index (κ3) is 4.09. The zero-order valence-electron chi connectivity index (χ0n) is 17.1. The van der Waals surface area contributed by atoms with E-state index in [9.17, 15) is 4.79 Å². The van der Waals surface area contributed by atoms with E-state index < -0.39 is 6.09 Å². The van der Waals surface area contributed by atoms with E-state index in [1.54, 1.807) is 13.3 Å². The average Bonchev–Trinajstić information content (AvgIpc) is 3.37. The van der Waals surface area contributed by atoms with Crippen LogP contribution in [0.25, 0.3) is 22.1 Å². The van der Waals surface area contributed by atoms with Crippen LogP contribution in [0.1, 0.15) is 44.0 Å². The molecule has 0 aromatic carbocycles. The summed E-state index contributed by atoms with van der Waals surface area (Å²) in [6.45, 7) is 0.900. The van der Waals surface area contributed by atoms with E-state index in [-0.39, 0.29) is 12.6 Å². The van der Waals surface area contributed by atoms with E-state index in [0.717, 1.165) is 47.8 Å². The number of carbonyl (C=O) groups excluding carboxylic acids is 1. The molecule has 3 aromatic rings. The maximum absolute atomic E-state index is 12.0. The minimum absolute atomic E-state index is 0.0809. The minimum Gasteiger partial charge on any atom is -0.441 e. The summed E-state index contributed by atoms with van der Waals surface area (Å²) in [7, 11) is 1.58. The van der Waals surface area contributed by atoms with Gasteiger partial charge < -0.3 is 24.3 Å². The molecule has 1 fully saturated rings. The Bertz CT molecular complexity index is 1060. The molecular formula is C21H26N6O3. The summed E-state index contributed by atoms with van der Waals surface area (Å²) in [4.78, 5) is 24.4. The molecule has 4 rings (SSSR count). The van der Waals surface area contributed by atoms with Gasteiger partial charge in [-0.05, 0) is 37.7 Å². The van der Waals surface area contributed by atoms with E-state index in [1.807, 2.05) is 12.3 Å². The highest BCUT2D eigenvalue weighted by molar-refractivity contribution is 6.01. The number of aromatic nitrogens is 4. The highest BCUT2D eigenvalue weighted by Crippen LogP contribution is 2.38. The van der Waals surface area contributed by atoms with Crippen LogP contribution < -0.4 is 5.32 Å². The van der Waals surface area contributed by atoms with Crippen molar-refractivity contribution < 1.29 is 14.3 Å². The molecule has 0 bridgehead atoms. The lowest BCUT2D eigenvalue weighted by Crippen LogP contribution is -2.28. The number of alkyl carbamates (subject to hydrolysis) is 1. The highest BCUT2D eigenvalue weighted by atomic mass is 16.5. The minimum atomic E-state index is -0.492. The van der Waals surface area contributed by atoms with Crippen molar-refractivity contribution in [3.05, 3.63) is 24.3 Å². The molecular weight excluding hydrogens is 384 g/mol. The first-order valence-electron chi connectivity index (χ1n) is 10.3. The number of nitrogens with zero attached hydrogens (tertiary/aromatic N) is 4. The predicted octanol–water partition coefficient (Wildman–Crippen LogP) is 3.43. The molecule has 0 saturated heterocycles. The maximum Gasteiger partial charge on any atom is 0.407 e. The topological polar surface area (TPSA) is 118 Å². The average molecular weight is 410 g/mol. The van der Waals surface area contributed by atoms with Crippen molar-refractivity contribution >= 4 is 28.2 Å².